The van der Waals surface area contributed by atoms with Gasteiger partial charge in [0.25, 0.3) is 5.91 Å². The van der Waals surface area contributed by atoms with Gasteiger partial charge in [-0.25, -0.2) is 0 Å². The van der Waals surface area contributed by atoms with Gasteiger partial charge in [-0.2, -0.15) is 0 Å². The number of amides is 1. The van der Waals surface area contributed by atoms with E-state index in [1.54, 1.807) is 25.5 Å². The molecule has 0 saturated carbocycles. The monoisotopic (exact) mass is 267 g/mol. The Labute approximate surface area is 113 Å². The molecule has 1 atom stereocenters. The highest BCUT2D eigenvalue weighted by molar-refractivity contribution is 5.99. The van der Waals surface area contributed by atoms with Gasteiger partial charge in [0.1, 0.15) is 0 Å². The number of aliphatic hydroxyl groups excluding tert-OH is 1. The Hall–Kier alpha value is -1.66. The molecule has 1 aromatic rings. The lowest BCUT2D eigenvalue weighted by Crippen LogP contribution is -2.36. The Bertz CT molecular complexity index is 412. The lowest BCUT2D eigenvalue weighted by atomic mass is 10.2. The number of nitrogens with one attached hydrogen (secondary N) is 1. The van der Waals surface area contributed by atoms with Crippen LogP contribution in [0.5, 0.6) is 0 Å². The lowest BCUT2D eigenvalue weighted by Gasteiger charge is -2.21. The van der Waals surface area contributed by atoms with E-state index in [9.17, 15) is 9.90 Å². The first-order valence-electron chi connectivity index (χ1n) is 6.20. The molecular weight excluding hydrogens is 246 g/mol. The van der Waals surface area contributed by atoms with Crippen LogP contribution < -0.4 is 5.32 Å². The second-order valence-corrected chi connectivity index (χ2v) is 4.25. The fourth-order valence-corrected chi connectivity index (χ4v) is 1.76. The molecule has 0 aromatic carbocycles. The summed E-state index contributed by atoms with van der Waals surface area (Å²) in [6.07, 6.45) is 2.51. The summed E-state index contributed by atoms with van der Waals surface area (Å²) in [6.45, 7) is 3.09. The van der Waals surface area contributed by atoms with E-state index in [-0.39, 0.29) is 19.1 Å². The molecule has 2 N–H and O–H groups in total. The first kappa shape index (κ1) is 15.4. The van der Waals surface area contributed by atoms with E-state index in [0.717, 1.165) is 0 Å². The molecule has 0 radical (unpaired) electrons. The molecule has 1 rings (SSSR count). The zero-order chi connectivity index (χ0) is 14.3. The van der Waals surface area contributed by atoms with Crippen LogP contribution in [0.4, 0.5) is 5.69 Å². The highest BCUT2D eigenvalue weighted by atomic mass is 16.5. The number of hydrogen-bond donors (Lipinski definition) is 2. The van der Waals surface area contributed by atoms with Crippen LogP contribution in [-0.4, -0.2) is 60.9 Å². The molecule has 0 aliphatic heterocycles. The third-order valence-electron chi connectivity index (χ3n) is 2.61. The van der Waals surface area contributed by atoms with Gasteiger partial charge in [-0.1, -0.05) is 0 Å². The van der Waals surface area contributed by atoms with E-state index in [4.69, 9.17) is 4.74 Å². The molecule has 0 aliphatic rings. The van der Waals surface area contributed by atoms with Crippen LogP contribution in [0.15, 0.2) is 18.5 Å². The Morgan fingerprint density at radius 3 is 3.00 bits per heavy atom. The average Bonchev–Trinajstić information content (AvgIpc) is 2.39. The van der Waals surface area contributed by atoms with E-state index < -0.39 is 6.10 Å². The number of anilines is 1. The van der Waals surface area contributed by atoms with Crippen molar-refractivity contribution in [2.75, 3.05) is 39.2 Å². The van der Waals surface area contributed by atoms with Crippen molar-refractivity contribution < 1.29 is 14.6 Å². The van der Waals surface area contributed by atoms with E-state index in [1.807, 2.05) is 6.92 Å². The van der Waals surface area contributed by atoms with E-state index in [1.165, 1.54) is 12.0 Å². The van der Waals surface area contributed by atoms with Crippen molar-refractivity contribution in [1.82, 2.24) is 9.88 Å². The maximum Gasteiger partial charge on any atom is 0.255 e. The minimum atomic E-state index is -0.691. The van der Waals surface area contributed by atoms with Gasteiger partial charge in [0.2, 0.25) is 0 Å². The Kier molecular flexibility index (Phi) is 6.24. The summed E-state index contributed by atoms with van der Waals surface area (Å²) in [5, 5.41) is 12.7. The van der Waals surface area contributed by atoms with Crippen LogP contribution in [0.2, 0.25) is 0 Å². The molecule has 1 heterocycles. The zero-order valence-electron chi connectivity index (χ0n) is 11.6. The standard InChI is InChI=1S/C13H21N3O3/c1-4-15-12-7-14-6-5-11(12)13(18)16(2)8-10(17)9-19-3/h5-7,10,15,17H,4,8-9H2,1-3H3. The number of likely N-dealkylation sites (N-methyl/N-ethyl adjacent to an activating group) is 1. The molecule has 6 nitrogen and oxygen atoms in total. The van der Waals surface area contributed by atoms with Gasteiger partial charge < -0.3 is 20.1 Å². The van der Waals surface area contributed by atoms with Crippen molar-refractivity contribution in [3.8, 4) is 0 Å². The summed E-state index contributed by atoms with van der Waals surface area (Å²) in [6, 6.07) is 1.67. The fourth-order valence-electron chi connectivity index (χ4n) is 1.76. The molecule has 106 valence electrons. The van der Waals surface area contributed by atoms with Crippen molar-refractivity contribution in [1.29, 1.82) is 0 Å². The number of pyridine rings is 1. The molecular formula is C13H21N3O3. The number of ether oxygens (including phenoxy) is 1. The van der Waals surface area contributed by atoms with Crippen molar-refractivity contribution in [2.24, 2.45) is 0 Å². The van der Waals surface area contributed by atoms with Crippen molar-refractivity contribution >= 4 is 11.6 Å². The van der Waals surface area contributed by atoms with Gasteiger partial charge in [0.05, 0.1) is 30.2 Å². The van der Waals surface area contributed by atoms with Gasteiger partial charge in [-0.05, 0) is 13.0 Å². The molecule has 6 heteroatoms. The third kappa shape index (κ3) is 4.50. The summed E-state index contributed by atoms with van der Waals surface area (Å²) in [5.74, 6) is -0.159. The van der Waals surface area contributed by atoms with E-state index in [2.05, 4.69) is 10.3 Å². The molecule has 1 aromatic heterocycles. The minimum Gasteiger partial charge on any atom is -0.389 e. The number of carbonyl (C=O) groups excluding carboxylic acids is 1. The lowest BCUT2D eigenvalue weighted by molar-refractivity contribution is 0.0380. The maximum atomic E-state index is 12.3. The summed E-state index contributed by atoms with van der Waals surface area (Å²) in [5.41, 5.74) is 1.24. The van der Waals surface area contributed by atoms with Crippen LogP contribution in [0.1, 0.15) is 17.3 Å². The number of hydrogen-bond acceptors (Lipinski definition) is 5. The summed E-state index contributed by atoms with van der Waals surface area (Å²) in [7, 11) is 3.16. The van der Waals surface area contributed by atoms with Gasteiger partial charge in [-0.3, -0.25) is 9.78 Å². The molecule has 0 bridgehead atoms. The first-order chi connectivity index (χ1) is 9.10. The fraction of sp³-hybridized carbons (Fsp3) is 0.538. The molecule has 1 unspecified atom stereocenters. The molecule has 0 saturated heterocycles. The number of carbonyl (C=O) groups is 1. The summed E-state index contributed by atoms with van der Waals surface area (Å²) in [4.78, 5) is 17.8. The topological polar surface area (TPSA) is 74.7 Å². The smallest absolute Gasteiger partial charge is 0.255 e. The van der Waals surface area contributed by atoms with Gasteiger partial charge in [-0.15, -0.1) is 0 Å². The highest BCUT2D eigenvalue weighted by Gasteiger charge is 2.18. The van der Waals surface area contributed by atoms with Gasteiger partial charge >= 0.3 is 0 Å². The van der Waals surface area contributed by atoms with Crippen LogP contribution in [0.3, 0.4) is 0 Å². The quantitative estimate of drug-likeness (QED) is 0.756. The zero-order valence-corrected chi connectivity index (χ0v) is 11.6. The van der Waals surface area contributed by atoms with E-state index >= 15 is 0 Å². The van der Waals surface area contributed by atoms with Gasteiger partial charge in [0, 0.05) is 33.4 Å². The second kappa shape index (κ2) is 7.70. The van der Waals surface area contributed by atoms with Crippen LogP contribution in [-0.2, 0) is 4.74 Å². The van der Waals surface area contributed by atoms with Crippen molar-refractivity contribution in [3.63, 3.8) is 0 Å². The normalized spacial score (nSPS) is 12.0. The van der Waals surface area contributed by atoms with Crippen molar-refractivity contribution in [3.05, 3.63) is 24.0 Å². The first-order valence-corrected chi connectivity index (χ1v) is 6.20. The molecule has 0 aliphatic carbocycles. The number of rotatable bonds is 7. The number of methoxy groups -OCH3 is 1. The number of nitrogens with zero attached hydrogens (tertiary/aromatic N) is 2. The van der Waals surface area contributed by atoms with E-state index in [0.29, 0.717) is 17.8 Å². The van der Waals surface area contributed by atoms with Gasteiger partial charge in [0.15, 0.2) is 0 Å². The predicted octanol–water partition coefficient (Wildman–Crippen LogP) is 0.593. The summed E-state index contributed by atoms with van der Waals surface area (Å²) < 4.78 is 4.84. The van der Waals surface area contributed by atoms with Crippen molar-refractivity contribution in [2.45, 2.75) is 13.0 Å². The maximum absolute atomic E-state index is 12.3. The number of aromatic nitrogens is 1. The minimum absolute atomic E-state index is 0.159. The van der Waals surface area contributed by atoms with Crippen LogP contribution >= 0.6 is 0 Å². The number of aliphatic hydroxyl groups is 1. The Morgan fingerprint density at radius 2 is 2.37 bits per heavy atom. The SMILES string of the molecule is CCNc1cnccc1C(=O)N(C)CC(O)COC. The van der Waals surface area contributed by atoms with Crippen LogP contribution in [0, 0.1) is 0 Å². The highest BCUT2D eigenvalue weighted by Crippen LogP contribution is 2.15. The molecule has 0 spiro atoms. The van der Waals surface area contributed by atoms with Crippen LogP contribution in [0.25, 0.3) is 0 Å². The third-order valence-corrected chi connectivity index (χ3v) is 2.61. The Balaban J connectivity index is 2.76. The Morgan fingerprint density at radius 1 is 1.63 bits per heavy atom. The largest absolute Gasteiger partial charge is 0.389 e. The predicted molar refractivity (Wildman–Crippen MR) is 73.2 cm³/mol. The molecule has 0 fully saturated rings. The average molecular weight is 267 g/mol. The molecule has 1 amide bonds. The molecule has 19 heavy (non-hydrogen) atoms. The second-order valence-electron chi connectivity index (χ2n) is 4.25. The summed E-state index contributed by atoms with van der Waals surface area (Å²) >= 11 is 0.